The lowest BCUT2D eigenvalue weighted by molar-refractivity contribution is -0.115. The van der Waals surface area contributed by atoms with E-state index in [0.717, 1.165) is 10.5 Å². The van der Waals surface area contributed by atoms with Crippen molar-refractivity contribution in [1.82, 2.24) is 0 Å². The fraction of sp³-hybridized carbons (Fsp3) is 0.263. The molecule has 1 atom stereocenters. The Morgan fingerprint density at radius 2 is 1.88 bits per heavy atom. The monoisotopic (exact) mass is 377 g/mol. The third kappa shape index (κ3) is 5.51. The van der Waals surface area contributed by atoms with E-state index in [2.05, 4.69) is 5.32 Å². The quantitative estimate of drug-likeness (QED) is 0.572. The van der Waals surface area contributed by atoms with E-state index in [9.17, 15) is 9.59 Å². The van der Waals surface area contributed by atoms with Crippen molar-refractivity contribution in [3.05, 3.63) is 58.6 Å². The molecular formula is C19H20ClNO3S. The third-order valence-electron chi connectivity index (χ3n) is 3.50. The number of carbonyl (C=O) groups is 2. The van der Waals surface area contributed by atoms with Crippen LogP contribution in [0.2, 0.25) is 5.02 Å². The third-order valence-corrected chi connectivity index (χ3v) is 4.87. The van der Waals surface area contributed by atoms with Gasteiger partial charge in [0.25, 0.3) is 0 Å². The van der Waals surface area contributed by atoms with E-state index < -0.39 is 5.97 Å². The van der Waals surface area contributed by atoms with Crippen molar-refractivity contribution < 1.29 is 14.3 Å². The Morgan fingerprint density at radius 3 is 2.52 bits per heavy atom. The number of nitrogens with one attached hydrogen (secondary N) is 1. The van der Waals surface area contributed by atoms with E-state index in [1.165, 1.54) is 11.8 Å². The summed E-state index contributed by atoms with van der Waals surface area (Å²) < 4.78 is 5.00. The van der Waals surface area contributed by atoms with Gasteiger partial charge in [-0.25, -0.2) is 4.79 Å². The summed E-state index contributed by atoms with van der Waals surface area (Å²) in [5.41, 5.74) is 1.91. The lowest BCUT2D eigenvalue weighted by Gasteiger charge is -2.14. The molecule has 0 radical (unpaired) electrons. The first-order valence-corrected chi connectivity index (χ1v) is 9.17. The Kier molecular flexibility index (Phi) is 6.91. The predicted octanol–water partition coefficient (Wildman–Crippen LogP) is 4.94. The molecule has 25 heavy (non-hydrogen) atoms. The van der Waals surface area contributed by atoms with Gasteiger partial charge in [0, 0.05) is 15.6 Å². The Balaban J connectivity index is 2.07. The molecule has 2 aromatic rings. The van der Waals surface area contributed by atoms with Crippen molar-refractivity contribution in [2.24, 2.45) is 0 Å². The molecular weight excluding hydrogens is 358 g/mol. The van der Waals surface area contributed by atoms with Gasteiger partial charge in [-0.2, -0.15) is 0 Å². The molecule has 0 spiro atoms. The second-order valence-electron chi connectivity index (χ2n) is 5.45. The molecule has 0 saturated heterocycles. The number of benzene rings is 2. The summed E-state index contributed by atoms with van der Waals surface area (Å²) in [6.07, 6.45) is 0. The zero-order valence-corrected chi connectivity index (χ0v) is 15.9. The number of rotatable bonds is 6. The molecule has 0 bridgehead atoms. The molecule has 1 amide bonds. The maximum atomic E-state index is 12.5. The van der Waals surface area contributed by atoms with Crippen LogP contribution in [0.1, 0.15) is 29.8 Å². The van der Waals surface area contributed by atoms with Gasteiger partial charge < -0.3 is 10.1 Å². The Bertz CT molecular complexity index is 762. The zero-order valence-electron chi connectivity index (χ0n) is 14.3. The zero-order chi connectivity index (χ0) is 18.4. The average molecular weight is 378 g/mol. The van der Waals surface area contributed by atoms with Gasteiger partial charge in [-0.3, -0.25) is 4.79 Å². The minimum Gasteiger partial charge on any atom is -0.462 e. The molecule has 0 saturated carbocycles. The van der Waals surface area contributed by atoms with E-state index in [1.807, 2.05) is 26.0 Å². The molecule has 1 unspecified atom stereocenters. The summed E-state index contributed by atoms with van der Waals surface area (Å²) in [5, 5.41) is 3.25. The molecule has 0 aliphatic carbocycles. The van der Waals surface area contributed by atoms with E-state index in [4.69, 9.17) is 16.3 Å². The molecule has 4 nitrogen and oxygen atoms in total. The Morgan fingerprint density at radius 1 is 1.20 bits per heavy atom. The number of anilines is 1. The van der Waals surface area contributed by atoms with Crippen LogP contribution in [-0.2, 0) is 9.53 Å². The number of aryl methyl sites for hydroxylation is 1. The standard InChI is InChI=1S/C19H20ClNO3S/c1-4-24-19(23)14-6-5-12(2)17(11-14)21-18(22)13(3)25-16-9-7-15(20)8-10-16/h5-11,13H,4H2,1-3H3,(H,21,22). The summed E-state index contributed by atoms with van der Waals surface area (Å²) in [4.78, 5) is 25.3. The first-order valence-electron chi connectivity index (χ1n) is 7.91. The number of thioether (sulfide) groups is 1. The summed E-state index contributed by atoms with van der Waals surface area (Å²) in [5.74, 6) is -0.536. The van der Waals surface area contributed by atoms with Crippen molar-refractivity contribution in [3.63, 3.8) is 0 Å². The summed E-state index contributed by atoms with van der Waals surface area (Å²) >= 11 is 7.31. The van der Waals surface area contributed by atoms with Crippen LogP contribution in [0.5, 0.6) is 0 Å². The van der Waals surface area contributed by atoms with Crippen LogP contribution in [0.15, 0.2) is 47.4 Å². The van der Waals surface area contributed by atoms with Gasteiger partial charge in [0.15, 0.2) is 0 Å². The molecule has 0 heterocycles. The largest absolute Gasteiger partial charge is 0.462 e. The predicted molar refractivity (Wildman–Crippen MR) is 103 cm³/mol. The summed E-state index contributed by atoms with van der Waals surface area (Å²) in [6, 6.07) is 12.5. The molecule has 2 aromatic carbocycles. The molecule has 0 aliphatic heterocycles. The van der Waals surface area contributed by atoms with Crippen LogP contribution in [0.4, 0.5) is 5.69 Å². The van der Waals surface area contributed by atoms with Crippen molar-refractivity contribution in [2.45, 2.75) is 30.9 Å². The first kappa shape index (κ1) is 19.3. The van der Waals surface area contributed by atoms with Gasteiger partial charge in [0.05, 0.1) is 17.4 Å². The molecule has 2 rings (SSSR count). The average Bonchev–Trinajstić information content (AvgIpc) is 2.59. The highest BCUT2D eigenvalue weighted by atomic mass is 35.5. The van der Waals surface area contributed by atoms with Crippen molar-refractivity contribution in [3.8, 4) is 0 Å². The molecule has 0 aromatic heterocycles. The second-order valence-corrected chi connectivity index (χ2v) is 7.30. The van der Waals surface area contributed by atoms with Crippen LogP contribution >= 0.6 is 23.4 Å². The maximum absolute atomic E-state index is 12.5. The van der Waals surface area contributed by atoms with Crippen LogP contribution < -0.4 is 5.32 Å². The molecule has 132 valence electrons. The number of hydrogen-bond acceptors (Lipinski definition) is 4. The lowest BCUT2D eigenvalue weighted by Crippen LogP contribution is -2.23. The maximum Gasteiger partial charge on any atom is 0.338 e. The molecule has 1 N–H and O–H groups in total. The SMILES string of the molecule is CCOC(=O)c1ccc(C)c(NC(=O)C(C)Sc2ccc(Cl)cc2)c1. The minimum atomic E-state index is -0.401. The summed E-state index contributed by atoms with van der Waals surface area (Å²) in [6.45, 7) is 5.77. The van der Waals surface area contributed by atoms with Crippen molar-refractivity contribution >= 4 is 40.9 Å². The highest BCUT2D eigenvalue weighted by Crippen LogP contribution is 2.26. The topological polar surface area (TPSA) is 55.4 Å². The van der Waals surface area contributed by atoms with Gasteiger partial charge in [-0.15, -0.1) is 11.8 Å². The van der Waals surface area contributed by atoms with Gasteiger partial charge in [0.2, 0.25) is 5.91 Å². The number of ether oxygens (including phenoxy) is 1. The van der Waals surface area contributed by atoms with Crippen LogP contribution in [0.3, 0.4) is 0 Å². The summed E-state index contributed by atoms with van der Waals surface area (Å²) in [7, 11) is 0. The van der Waals surface area contributed by atoms with Gasteiger partial charge in [-0.05, 0) is 62.7 Å². The Labute approximate surface area is 156 Å². The highest BCUT2D eigenvalue weighted by molar-refractivity contribution is 8.00. The normalized spacial score (nSPS) is 11.7. The Hall–Kier alpha value is -1.98. The number of carbonyl (C=O) groups excluding carboxylic acids is 2. The molecule has 0 fully saturated rings. The van der Waals surface area contributed by atoms with Crippen molar-refractivity contribution in [1.29, 1.82) is 0 Å². The lowest BCUT2D eigenvalue weighted by atomic mass is 10.1. The van der Waals surface area contributed by atoms with E-state index in [1.54, 1.807) is 37.3 Å². The fourth-order valence-corrected chi connectivity index (χ4v) is 3.10. The number of esters is 1. The van der Waals surface area contributed by atoms with Gasteiger partial charge in [-0.1, -0.05) is 17.7 Å². The second kappa shape index (κ2) is 8.92. The van der Waals surface area contributed by atoms with Gasteiger partial charge >= 0.3 is 5.97 Å². The van der Waals surface area contributed by atoms with Crippen LogP contribution in [0.25, 0.3) is 0 Å². The van der Waals surface area contributed by atoms with Crippen molar-refractivity contribution in [2.75, 3.05) is 11.9 Å². The van der Waals surface area contributed by atoms with E-state index >= 15 is 0 Å². The number of halogens is 1. The minimum absolute atomic E-state index is 0.135. The molecule has 0 aliphatic rings. The molecule has 6 heteroatoms. The van der Waals surface area contributed by atoms with Crippen LogP contribution in [0, 0.1) is 6.92 Å². The van der Waals surface area contributed by atoms with E-state index in [-0.39, 0.29) is 11.2 Å². The highest BCUT2D eigenvalue weighted by Gasteiger charge is 2.17. The van der Waals surface area contributed by atoms with Gasteiger partial charge in [0.1, 0.15) is 0 Å². The van der Waals surface area contributed by atoms with Crippen LogP contribution in [-0.4, -0.2) is 23.7 Å². The van der Waals surface area contributed by atoms with E-state index in [0.29, 0.717) is 22.9 Å². The smallest absolute Gasteiger partial charge is 0.338 e. The fourth-order valence-electron chi connectivity index (χ4n) is 2.10. The number of hydrogen-bond donors (Lipinski definition) is 1. The first-order chi connectivity index (χ1) is 11.9. The number of amides is 1.